The van der Waals surface area contributed by atoms with Crippen molar-refractivity contribution in [3.05, 3.63) is 93.2 Å². The van der Waals surface area contributed by atoms with E-state index >= 15 is 0 Å². The summed E-state index contributed by atoms with van der Waals surface area (Å²) in [4.78, 5) is 27.0. The molecule has 28 heavy (non-hydrogen) atoms. The molecule has 1 aliphatic rings. The number of anilines is 1. The molecule has 0 spiro atoms. The maximum atomic E-state index is 13.4. The van der Waals surface area contributed by atoms with Gasteiger partial charge in [0, 0.05) is 18.3 Å². The number of aryl methyl sites for hydroxylation is 2. The third-order valence-electron chi connectivity index (χ3n) is 4.91. The monoisotopic (exact) mass is 377 g/mol. The molecule has 0 atom stereocenters. The van der Waals surface area contributed by atoms with Crippen molar-refractivity contribution in [2.45, 2.75) is 26.3 Å². The molecule has 0 bridgehead atoms. The second kappa shape index (κ2) is 7.38. The van der Waals surface area contributed by atoms with E-state index in [0.29, 0.717) is 12.1 Å². The van der Waals surface area contributed by atoms with Gasteiger partial charge < -0.3 is 4.90 Å². The maximum absolute atomic E-state index is 13.4. The highest BCUT2D eigenvalue weighted by molar-refractivity contribution is 6.05. The zero-order chi connectivity index (χ0) is 19.7. The highest BCUT2D eigenvalue weighted by Gasteiger charge is 2.25. The quantitative estimate of drug-likeness (QED) is 0.704. The predicted octanol–water partition coefficient (Wildman–Crippen LogP) is 3.33. The van der Waals surface area contributed by atoms with Crippen LogP contribution in [-0.4, -0.2) is 22.2 Å². The Kier molecular flexibility index (Phi) is 4.77. The first-order valence-corrected chi connectivity index (χ1v) is 9.25. The summed E-state index contributed by atoms with van der Waals surface area (Å²) in [7, 11) is 0. The number of rotatable bonds is 3. The van der Waals surface area contributed by atoms with Gasteiger partial charge in [-0.25, -0.2) is 9.07 Å². The Hall–Kier alpha value is -3.28. The van der Waals surface area contributed by atoms with E-state index in [-0.39, 0.29) is 29.5 Å². The van der Waals surface area contributed by atoms with Crippen molar-refractivity contribution in [1.29, 1.82) is 0 Å². The fraction of sp³-hybridized carbons (Fsp3) is 0.227. The molecule has 0 unspecified atom stereocenters. The fourth-order valence-corrected chi connectivity index (χ4v) is 3.56. The number of hydrogen-bond donors (Lipinski definition) is 0. The Balaban J connectivity index is 1.65. The number of fused-ring (bicyclic) bond motifs is 1. The van der Waals surface area contributed by atoms with Crippen LogP contribution in [0.3, 0.4) is 0 Å². The smallest absolute Gasteiger partial charge is 0.278 e. The van der Waals surface area contributed by atoms with Crippen molar-refractivity contribution in [3.8, 4) is 0 Å². The molecule has 142 valence electrons. The first-order chi connectivity index (χ1) is 13.5. The van der Waals surface area contributed by atoms with Gasteiger partial charge >= 0.3 is 0 Å². The minimum atomic E-state index is -0.377. The topological polar surface area (TPSA) is 55.2 Å². The van der Waals surface area contributed by atoms with E-state index in [4.69, 9.17) is 0 Å². The Morgan fingerprint density at radius 2 is 2.00 bits per heavy atom. The van der Waals surface area contributed by atoms with Gasteiger partial charge in [-0.15, -0.1) is 0 Å². The Labute approximate surface area is 162 Å². The molecule has 1 aromatic heterocycles. The van der Waals surface area contributed by atoms with Crippen molar-refractivity contribution in [2.75, 3.05) is 11.4 Å². The third-order valence-corrected chi connectivity index (χ3v) is 4.91. The van der Waals surface area contributed by atoms with Crippen molar-refractivity contribution in [2.24, 2.45) is 0 Å². The molecule has 1 aliphatic heterocycles. The van der Waals surface area contributed by atoms with Gasteiger partial charge in [-0.05, 0) is 55.2 Å². The van der Waals surface area contributed by atoms with E-state index < -0.39 is 0 Å². The van der Waals surface area contributed by atoms with Gasteiger partial charge in [0.15, 0.2) is 0 Å². The van der Waals surface area contributed by atoms with E-state index in [0.717, 1.165) is 29.7 Å². The summed E-state index contributed by atoms with van der Waals surface area (Å²) in [6, 6.07) is 14.8. The standard InChI is InChI=1S/C22H20FN3O2/c1-15-7-9-20-17(12-15)5-3-11-25(20)22(28)19-8-10-21(27)26(24-19)14-16-4-2-6-18(23)13-16/h2,4,6-10,12-13H,3,5,11,14H2,1H3. The molecule has 0 saturated carbocycles. The SMILES string of the molecule is Cc1ccc2c(c1)CCCN2C(=O)c1ccc(=O)n(Cc2cccc(F)c2)n1. The van der Waals surface area contributed by atoms with E-state index in [1.165, 1.54) is 28.9 Å². The van der Waals surface area contributed by atoms with Gasteiger partial charge in [-0.2, -0.15) is 5.10 Å². The Morgan fingerprint density at radius 1 is 1.14 bits per heavy atom. The number of amides is 1. The summed E-state index contributed by atoms with van der Waals surface area (Å²) in [5.41, 5.74) is 3.67. The van der Waals surface area contributed by atoms with E-state index in [1.807, 2.05) is 19.1 Å². The zero-order valence-corrected chi connectivity index (χ0v) is 15.6. The minimum absolute atomic E-state index is 0.105. The van der Waals surface area contributed by atoms with Gasteiger partial charge in [0.25, 0.3) is 11.5 Å². The van der Waals surface area contributed by atoms with Crippen molar-refractivity contribution in [1.82, 2.24) is 9.78 Å². The van der Waals surface area contributed by atoms with Crippen LogP contribution in [-0.2, 0) is 13.0 Å². The van der Waals surface area contributed by atoms with E-state index in [9.17, 15) is 14.0 Å². The highest BCUT2D eigenvalue weighted by atomic mass is 19.1. The first-order valence-electron chi connectivity index (χ1n) is 9.25. The normalized spacial score (nSPS) is 13.3. The molecule has 4 rings (SSSR count). The van der Waals surface area contributed by atoms with Crippen LogP contribution in [0.5, 0.6) is 0 Å². The zero-order valence-electron chi connectivity index (χ0n) is 15.6. The van der Waals surface area contributed by atoms with Crippen LogP contribution in [0.4, 0.5) is 10.1 Å². The number of halogens is 1. The number of carbonyl (C=O) groups is 1. The van der Waals surface area contributed by atoms with Crippen molar-refractivity contribution in [3.63, 3.8) is 0 Å². The first kappa shape index (κ1) is 18.1. The molecule has 6 heteroatoms. The number of aromatic nitrogens is 2. The lowest BCUT2D eigenvalue weighted by Gasteiger charge is -2.29. The summed E-state index contributed by atoms with van der Waals surface area (Å²) in [6.07, 6.45) is 1.82. The molecule has 3 aromatic rings. The molecule has 1 amide bonds. The van der Waals surface area contributed by atoms with Crippen LogP contribution in [0, 0.1) is 12.7 Å². The van der Waals surface area contributed by atoms with E-state index in [2.05, 4.69) is 11.2 Å². The van der Waals surface area contributed by atoms with Crippen LogP contribution < -0.4 is 10.5 Å². The molecular weight excluding hydrogens is 357 g/mol. The van der Waals surface area contributed by atoms with Crippen LogP contribution in [0.25, 0.3) is 0 Å². The number of hydrogen-bond acceptors (Lipinski definition) is 3. The summed E-state index contributed by atoms with van der Waals surface area (Å²) >= 11 is 0. The van der Waals surface area contributed by atoms with Crippen LogP contribution in [0.1, 0.15) is 33.6 Å². The van der Waals surface area contributed by atoms with Crippen LogP contribution in [0.15, 0.2) is 59.4 Å². The van der Waals surface area contributed by atoms with Gasteiger partial charge in [0.1, 0.15) is 11.5 Å². The molecule has 0 aliphatic carbocycles. The second-order valence-electron chi connectivity index (χ2n) is 7.04. The fourth-order valence-electron chi connectivity index (χ4n) is 3.56. The number of carbonyl (C=O) groups excluding carboxylic acids is 1. The molecule has 0 fully saturated rings. The molecule has 2 aromatic carbocycles. The minimum Gasteiger partial charge on any atom is -0.307 e. The molecule has 0 saturated heterocycles. The third kappa shape index (κ3) is 3.58. The number of nitrogens with zero attached hydrogens (tertiary/aromatic N) is 3. The van der Waals surface area contributed by atoms with E-state index in [1.54, 1.807) is 17.0 Å². The van der Waals surface area contributed by atoms with Gasteiger partial charge in [0.05, 0.1) is 6.54 Å². The Bertz CT molecular complexity index is 1110. The lowest BCUT2D eigenvalue weighted by atomic mass is 9.99. The summed E-state index contributed by atoms with van der Waals surface area (Å²) < 4.78 is 14.6. The lowest BCUT2D eigenvalue weighted by Crippen LogP contribution is -2.37. The van der Waals surface area contributed by atoms with Crippen molar-refractivity contribution >= 4 is 11.6 Å². The van der Waals surface area contributed by atoms with Crippen molar-refractivity contribution < 1.29 is 9.18 Å². The van der Waals surface area contributed by atoms with Gasteiger partial charge in [0.2, 0.25) is 0 Å². The van der Waals surface area contributed by atoms with Crippen LogP contribution >= 0.6 is 0 Å². The summed E-state index contributed by atoms with van der Waals surface area (Å²) in [5, 5.41) is 4.25. The molecule has 5 nitrogen and oxygen atoms in total. The van der Waals surface area contributed by atoms with Gasteiger partial charge in [-0.3, -0.25) is 9.59 Å². The average molecular weight is 377 g/mol. The number of benzene rings is 2. The molecular formula is C22H20FN3O2. The average Bonchev–Trinajstić information content (AvgIpc) is 2.68. The lowest BCUT2D eigenvalue weighted by molar-refractivity contribution is 0.0978. The molecule has 0 N–H and O–H groups in total. The maximum Gasteiger partial charge on any atom is 0.278 e. The Morgan fingerprint density at radius 3 is 2.82 bits per heavy atom. The van der Waals surface area contributed by atoms with Crippen LogP contribution in [0.2, 0.25) is 0 Å². The molecule has 2 heterocycles. The second-order valence-corrected chi connectivity index (χ2v) is 7.04. The molecule has 0 radical (unpaired) electrons. The summed E-state index contributed by atoms with van der Waals surface area (Å²) in [5.74, 6) is -0.615. The predicted molar refractivity (Wildman–Crippen MR) is 105 cm³/mol. The highest BCUT2D eigenvalue weighted by Crippen LogP contribution is 2.28. The summed E-state index contributed by atoms with van der Waals surface area (Å²) in [6.45, 7) is 2.75. The van der Waals surface area contributed by atoms with Gasteiger partial charge in [-0.1, -0.05) is 29.8 Å². The largest absolute Gasteiger partial charge is 0.307 e.